The third kappa shape index (κ3) is 2.96. The first-order valence-electron chi connectivity index (χ1n) is 8.84. The molecule has 1 atom stereocenters. The summed E-state index contributed by atoms with van der Waals surface area (Å²) < 4.78 is 7.49. The van der Waals surface area contributed by atoms with Crippen LogP contribution >= 0.6 is 0 Å². The van der Waals surface area contributed by atoms with Crippen molar-refractivity contribution in [1.29, 1.82) is 0 Å². The van der Waals surface area contributed by atoms with Gasteiger partial charge in [0.1, 0.15) is 0 Å². The number of carbonyl (C=O) groups excluding carboxylic acids is 2. The van der Waals surface area contributed by atoms with E-state index in [2.05, 4.69) is 29.1 Å². The van der Waals surface area contributed by atoms with E-state index in [0.29, 0.717) is 17.7 Å². The number of nitrogens with zero attached hydrogens (tertiary/aromatic N) is 1. The fraction of sp³-hybridized carbons (Fsp3) is 0.238. The number of carbonyl (C=O) groups is 2. The molecule has 0 saturated heterocycles. The molecule has 1 N–H and O–H groups in total. The molecule has 1 aromatic heterocycles. The highest BCUT2D eigenvalue weighted by atomic mass is 16.5. The van der Waals surface area contributed by atoms with Gasteiger partial charge >= 0.3 is 5.97 Å². The van der Waals surface area contributed by atoms with Gasteiger partial charge in [-0.3, -0.25) is 4.79 Å². The van der Waals surface area contributed by atoms with Gasteiger partial charge in [0.15, 0.2) is 6.10 Å². The van der Waals surface area contributed by atoms with Crippen molar-refractivity contribution in [2.24, 2.45) is 0 Å². The fourth-order valence-corrected chi connectivity index (χ4v) is 3.40. The summed E-state index contributed by atoms with van der Waals surface area (Å²) in [6.07, 6.45) is 2.68. The molecule has 2 heterocycles. The quantitative estimate of drug-likeness (QED) is 0.730. The summed E-state index contributed by atoms with van der Waals surface area (Å²) in [5.74, 6) is -0.750. The van der Waals surface area contributed by atoms with Gasteiger partial charge in [-0.2, -0.15) is 0 Å². The number of benzene rings is 2. The van der Waals surface area contributed by atoms with Crippen molar-refractivity contribution in [2.75, 3.05) is 5.32 Å². The maximum Gasteiger partial charge on any atom is 0.339 e. The van der Waals surface area contributed by atoms with Gasteiger partial charge in [-0.25, -0.2) is 4.79 Å². The van der Waals surface area contributed by atoms with E-state index in [0.717, 1.165) is 29.4 Å². The predicted octanol–water partition coefficient (Wildman–Crippen LogP) is 3.77. The standard InChI is InChI=1S/C21H20N2O3/c1-2-10-23-11-9-14-7-8-16(13-18(14)23)22-20(24)19-12-15-5-3-4-6-17(15)21(25)26-19/h3-9,11,13,19H,2,10,12H2,1H3,(H,22,24). The van der Waals surface area contributed by atoms with Crippen molar-refractivity contribution in [3.63, 3.8) is 0 Å². The molecule has 0 spiro atoms. The third-order valence-corrected chi connectivity index (χ3v) is 4.69. The smallest absolute Gasteiger partial charge is 0.339 e. The first-order chi connectivity index (χ1) is 12.7. The first-order valence-corrected chi connectivity index (χ1v) is 8.84. The van der Waals surface area contributed by atoms with Crippen molar-refractivity contribution >= 4 is 28.5 Å². The fourth-order valence-electron chi connectivity index (χ4n) is 3.40. The number of amides is 1. The van der Waals surface area contributed by atoms with E-state index >= 15 is 0 Å². The number of anilines is 1. The molecule has 132 valence electrons. The average molecular weight is 348 g/mol. The number of hydrogen-bond donors (Lipinski definition) is 1. The Morgan fingerprint density at radius 2 is 2.08 bits per heavy atom. The van der Waals surface area contributed by atoms with Crippen molar-refractivity contribution in [3.05, 3.63) is 65.9 Å². The molecule has 26 heavy (non-hydrogen) atoms. The lowest BCUT2D eigenvalue weighted by Gasteiger charge is -2.23. The summed E-state index contributed by atoms with van der Waals surface area (Å²) in [6, 6.07) is 15.1. The molecule has 0 bridgehead atoms. The number of cyclic esters (lactones) is 1. The molecule has 5 heteroatoms. The van der Waals surface area contributed by atoms with Crippen LogP contribution in [0.2, 0.25) is 0 Å². The zero-order valence-corrected chi connectivity index (χ0v) is 14.6. The minimum Gasteiger partial charge on any atom is -0.448 e. The maximum atomic E-state index is 12.6. The Bertz CT molecular complexity index is 990. The van der Waals surface area contributed by atoms with Gasteiger partial charge in [0.05, 0.1) is 11.1 Å². The number of rotatable bonds is 4. The molecule has 5 nitrogen and oxygen atoms in total. The van der Waals surface area contributed by atoms with Gasteiger partial charge in [-0.05, 0) is 41.6 Å². The summed E-state index contributed by atoms with van der Waals surface area (Å²) in [5.41, 5.74) is 3.16. The molecule has 1 unspecified atom stereocenters. The molecular formula is C21H20N2O3. The lowest BCUT2D eigenvalue weighted by molar-refractivity contribution is -0.125. The molecule has 0 radical (unpaired) electrons. The van der Waals surface area contributed by atoms with Crippen molar-refractivity contribution < 1.29 is 14.3 Å². The normalized spacial score (nSPS) is 16.2. The van der Waals surface area contributed by atoms with Crippen LogP contribution in [0.3, 0.4) is 0 Å². The van der Waals surface area contributed by atoms with Crippen LogP contribution < -0.4 is 5.32 Å². The second kappa shape index (κ2) is 6.67. The van der Waals surface area contributed by atoms with Crippen LogP contribution in [-0.2, 0) is 22.5 Å². The number of hydrogen-bond acceptors (Lipinski definition) is 3. The van der Waals surface area contributed by atoms with E-state index in [1.807, 2.05) is 30.3 Å². The zero-order valence-electron chi connectivity index (χ0n) is 14.6. The molecule has 0 aliphatic carbocycles. The Morgan fingerprint density at radius 1 is 1.23 bits per heavy atom. The molecular weight excluding hydrogens is 328 g/mol. The van der Waals surface area contributed by atoms with E-state index in [9.17, 15) is 9.59 Å². The molecule has 0 fully saturated rings. The summed E-state index contributed by atoms with van der Waals surface area (Å²) >= 11 is 0. The maximum absolute atomic E-state index is 12.6. The molecule has 3 aromatic rings. The third-order valence-electron chi connectivity index (χ3n) is 4.69. The minimum absolute atomic E-state index is 0.305. The van der Waals surface area contributed by atoms with E-state index in [1.165, 1.54) is 0 Å². The Labute approximate surface area is 151 Å². The summed E-state index contributed by atoms with van der Waals surface area (Å²) in [7, 11) is 0. The van der Waals surface area contributed by atoms with Crippen molar-refractivity contribution in [3.8, 4) is 0 Å². The van der Waals surface area contributed by atoms with Crippen LogP contribution in [0.15, 0.2) is 54.7 Å². The van der Waals surface area contributed by atoms with Crippen LogP contribution in [0.1, 0.15) is 29.3 Å². The van der Waals surface area contributed by atoms with E-state index in [-0.39, 0.29) is 5.91 Å². The van der Waals surface area contributed by atoms with Crippen molar-refractivity contribution in [1.82, 2.24) is 4.57 Å². The number of fused-ring (bicyclic) bond motifs is 2. The highest BCUT2D eigenvalue weighted by molar-refractivity contribution is 6.00. The average Bonchev–Trinajstić information content (AvgIpc) is 3.04. The molecule has 1 aliphatic heterocycles. The monoisotopic (exact) mass is 348 g/mol. The van der Waals surface area contributed by atoms with E-state index in [4.69, 9.17) is 4.74 Å². The van der Waals surface area contributed by atoms with Crippen LogP contribution in [0.25, 0.3) is 10.9 Å². The Morgan fingerprint density at radius 3 is 2.92 bits per heavy atom. The van der Waals surface area contributed by atoms with Crippen LogP contribution in [0.5, 0.6) is 0 Å². The minimum atomic E-state index is -0.810. The Kier molecular flexibility index (Phi) is 4.21. The van der Waals surface area contributed by atoms with E-state index in [1.54, 1.807) is 12.1 Å². The Hall–Kier alpha value is -3.08. The largest absolute Gasteiger partial charge is 0.448 e. The molecule has 2 aromatic carbocycles. The van der Waals surface area contributed by atoms with Gasteiger partial charge in [0, 0.05) is 24.8 Å². The van der Waals surface area contributed by atoms with Crippen LogP contribution in [0, 0.1) is 0 Å². The van der Waals surface area contributed by atoms with E-state index < -0.39 is 12.1 Å². The number of ether oxygens (including phenoxy) is 1. The summed E-state index contributed by atoms with van der Waals surface area (Å²) in [6.45, 7) is 3.06. The zero-order chi connectivity index (χ0) is 18.1. The number of aromatic nitrogens is 1. The molecule has 4 rings (SSSR count). The highest BCUT2D eigenvalue weighted by Gasteiger charge is 2.31. The lowest BCUT2D eigenvalue weighted by Crippen LogP contribution is -2.37. The molecule has 1 amide bonds. The second-order valence-electron chi connectivity index (χ2n) is 6.53. The summed E-state index contributed by atoms with van der Waals surface area (Å²) in [5, 5.41) is 4.02. The number of aryl methyl sites for hydroxylation is 1. The lowest BCUT2D eigenvalue weighted by atomic mass is 9.98. The molecule has 1 aliphatic rings. The highest BCUT2D eigenvalue weighted by Crippen LogP contribution is 2.24. The van der Waals surface area contributed by atoms with Gasteiger partial charge in [0.25, 0.3) is 5.91 Å². The van der Waals surface area contributed by atoms with Gasteiger partial charge in [-0.15, -0.1) is 0 Å². The van der Waals surface area contributed by atoms with Gasteiger partial charge in [0.2, 0.25) is 0 Å². The summed E-state index contributed by atoms with van der Waals surface area (Å²) in [4.78, 5) is 24.7. The first kappa shape index (κ1) is 16.4. The number of esters is 1. The SMILES string of the molecule is CCCn1ccc2ccc(NC(=O)C3Cc4ccccc4C(=O)O3)cc21. The predicted molar refractivity (Wildman–Crippen MR) is 100 cm³/mol. The number of nitrogens with one attached hydrogen (secondary N) is 1. The van der Waals surface area contributed by atoms with Crippen LogP contribution in [-0.4, -0.2) is 22.5 Å². The second-order valence-corrected chi connectivity index (χ2v) is 6.53. The van der Waals surface area contributed by atoms with Gasteiger partial charge < -0.3 is 14.6 Å². The topological polar surface area (TPSA) is 60.3 Å². The Balaban J connectivity index is 1.54. The van der Waals surface area contributed by atoms with Crippen molar-refractivity contribution in [2.45, 2.75) is 32.4 Å². The van der Waals surface area contributed by atoms with Gasteiger partial charge in [-0.1, -0.05) is 31.2 Å². The van der Waals surface area contributed by atoms with Crippen LogP contribution in [0.4, 0.5) is 5.69 Å². The molecule has 0 saturated carbocycles.